The molecule has 0 bridgehead atoms. The monoisotopic (exact) mass is 219 g/mol. The lowest BCUT2D eigenvalue weighted by Gasteiger charge is -2.20. The molecule has 0 atom stereocenters. The second-order valence-electron chi connectivity index (χ2n) is 4.18. The van der Waals surface area contributed by atoms with Gasteiger partial charge in [-0.2, -0.15) is 0 Å². The van der Waals surface area contributed by atoms with Crippen molar-refractivity contribution < 1.29 is 9.94 Å². The fourth-order valence-electron chi connectivity index (χ4n) is 2.37. The summed E-state index contributed by atoms with van der Waals surface area (Å²) < 4.78 is 5.47. The molecule has 16 heavy (non-hydrogen) atoms. The van der Waals surface area contributed by atoms with Gasteiger partial charge in [0.1, 0.15) is 5.75 Å². The first kappa shape index (κ1) is 11.0. The first-order valence-corrected chi connectivity index (χ1v) is 5.65. The maximum Gasteiger partial charge on any atom is 0.131 e. The summed E-state index contributed by atoms with van der Waals surface area (Å²) in [6.07, 6.45) is 4.65. The minimum atomic E-state index is 0.602. The molecule has 0 heterocycles. The molecule has 3 heteroatoms. The van der Waals surface area contributed by atoms with Crippen molar-refractivity contribution >= 4 is 5.71 Å². The van der Waals surface area contributed by atoms with E-state index in [4.69, 9.17) is 9.94 Å². The van der Waals surface area contributed by atoms with Crippen molar-refractivity contribution in [3.8, 4) is 5.75 Å². The molecule has 2 rings (SSSR count). The van der Waals surface area contributed by atoms with Gasteiger partial charge >= 0.3 is 0 Å². The van der Waals surface area contributed by atoms with Gasteiger partial charge in [0, 0.05) is 5.56 Å². The van der Waals surface area contributed by atoms with E-state index >= 15 is 0 Å². The van der Waals surface area contributed by atoms with Crippen LogP contribution in [-0.2, 0) is 12.8 Å². The summed E-state index contributed by atoms with van der Waals surface area (Å²) in [7, 11) is 1.68. The molecule has 1 aliphatic carbocycles. The van der Waals surface area contributed by atoms with E-state index in [9.17, 15) is 0 Å². The summed E-state index contributed by atoms with van der Waals surface area (Å²) in [6.45, 7) is 1.78. The molecule has 1 aliphatic rings. The fourth-order valence-corrected chi connectivity index (χ4v) is 2.37. The fraction of sp³-hybridized carbons (Fsp3) is 0.462. The van der Waals surface area contributed by atoms with E-state index in [-0.39, 0.29) is 0 Å². The zero-order chi connectivity index (χ0) is 11.5. The van der Waals surface area contributed by atoms with Crippen LogP contribution >= 0.6 is 0 Å². The number of oxime groups is 1. The van der Waals surface area contributed by atoms with Crippen molar-refractivity contribution in [2.24, 2.45) is 5.16 Å². The Morgan fingerprint density at radius 2 is 2.06 bits per heavy atom. The van der Waals surface area contributed by atoms with Gasteiger partial charge in [0.25, 0.3) is 0 Å². The predicted molar refractivity (Wildman–Crippen MR) is 63.6 cm³/mol. The largest absolute Gasteiger partial charge is 0.496 e. The van der Waals surface area contributed by atoms with Gasteiger partial charge in [-0.05, 0) is 49.8 Å². The topological polar surface area (TPSA) is 41.8 Å². The van der Waals surface area contributed by atoms with Gasteiger partial charge in [-0.1, -0.05) is 11.2 Å². The Labute approximate surface area is 95.7 Å². The highest BCUT2D eigenvalue weighted by atomic mass is 16.5. The van der Waals surface area contributed by atoms with Crippen LogP contribution in [0.2, 0.25) is 0 Å². The van der Waals surface area contributed by atoms with Gasteiger partial charge in [-0.25, -0.2) is 0 Å². The molecule has 0 fully saturated rings. The van der Waals surface area contributed by atoms with Gasteiger partial charge in [-0.3, -0.25) is 0 Å². The van der Waals surface area contributed by atoms with Crippen LogP contribution in [0.1, 0.15) is 36.5 Å². The highest BCUT2D eigenvalue weighted by Crippen LogP contribution is 2.33. The van der Waals surface area contributed by atoms with Crippen molar-refractivity contribution in [2.45, 2.75) is 32.6 Å². The Hall–Kier alpha value is -1.51. The molecule has 0 saturated carbocycles. The maximum atomic E-state index is 8.84. The number of benzene rings is 1. The van der Waals surface area contributed by atoms with Crippen LogP contribution in [0.15, 0.2) is 17.3 Å². The van der Waals surface area contributed by atoms with Crippen LogP contribution in [0, 0.1) is 0 Å². The summed E-state index contributed by atoms with van der Waals surface area (Å²) in [5.41, 5.74) is 4.16. The van der Waals surface area contributed by atoms with Crippen molar-refractivity contribution in [1.82, 2.24) is 0 Å². The Morgan fingerprint density at radius 1 is 1.31 bits per heavy atom. The molecule has 86 valence electrons. The quantitative estimate of drug-likeness (QED) is 0.472. The van der Waals surface area contributed by atoms with Crippen LogP contribution in [0.5, 0.6) is 5.75 Å². The number of aryl methyl sites for hydroxylation is 1. The van der Waals surface area contributed by atoms with Gasteiger partial charge in [-0.15, -0.1) is 0 Å². The summed E-state index contributed by atoms with van der Waals surface area (Å²) >= 11 is 0. The Balaban J connectivity index is 2.56. The highest BCUT2D eigenvalue weighted by Gasteiger charge is 2.18. The van der Waals surface area contributed by atoms with Gasteiger partial charge < -0.3 is 9.94 Å². The Morgan fingerprint density at radius 3 is 2.75 bits per heavy atom. The molecular weight excluding hydrogens is 202 g/mol. The third-order valence-corrected chi connectivity index (χ3v) is 3.22. The maximum absolute atomic E-state index is 8.84. The average Bonchev–Trinajstić information content (AvgIpc) is 2.36. The number of hydrogen-bond acceptors (Lipinski definition) is 3. The molecular formula is C13H17NO2. The van der Waals surface area contributed by atoms with E-state index in [1.165, 1.54) is 24.0 Å². The molecule has 1 aromatic rings. The number of methoxy groups -OCH3 is 1. The Bertz CT molecular complexity index is 424. The van der Waals surface area contributed by atoms with Crippen LogP contribution in [0.3, 0.4) is 0 Å². The molecule has 0 unspecified atom stereocenters. The summed E-state index contributed by atoms with van der Waals surface area (Å²) in [5.74, 6) is 0.882. The third kappa shape index (κ3) is 1.77. The first-order chi connectivity index (χ1) is 7.77. The van der Waals surface area contributed by atoms with Crippen LogP contribution in [0.25, 0.3) is 0 Å². The highest BCUT2D eigenvalue weighted by molar-refractivity contribution is 6.01. The summed E-state index contributed by atoms with van der Waals surface area (Å²) in [6, 6.07) is 4.11. The van der Waals surface area contributed by atoms with Crippen LogP contribution < -0.4 is 4.74 Å². The molecule has 0 saturated heterocycles. The smallest absolute Gasteiger partial charge is 0.131 e. The lowest BCUT2D eigenvalue weighted by molar-refractivity contribution is 0.318. The van der Waals surface area contributed by atoms with E-state index in [1.54, 1.807) is 14.0 Å². The number of nitrogens with zero attached hydrogens (tertiary/aromatic N) is 1. The SMILES string of the molecule is COc1c(/C(C)=N/O)ccc2c1CCCC2. The minimum Gasteiger partial charge on any atom is -0.496 e. The van der Waals surface area contributed by atoms with Gasteiger partial charge in [0.15, 0.2) is 0 Å². The van der Waals surface area contributed by atoms with E-state index in [0.717, 1.165) is 24.2 Å². The number of ether oxygens (including phenoxy) is 1. The van der Waals surface area contributed by atoms with Crippen molar-refractivity contribution in [3.05, 3.63) is 28.8 Å². The first-order valence-electron chi connectivity index (χ1n) is 5.65. The Kier molecular flexibility index (Phi) is 3.13. The predicted octanol–water partition coefficient (Wildman–Crippen LogP) is 2.77. The lowest BCUT2D eigenvalue weighted by Crippen LogP contribution is -2.09. The molecule has 1 N–H and O–H groups in total. The van der Waals surface area contributed by atoms with E-state index in [2.05, 4.69) is 11.2 Å². The summed E-state index contributed by atoms with van der Waals surface area (Å²) in [5, 5.41) is 12.1. The zero-order valence-electron chi connectivity index (χ0n) is 9.79. The third-order valence-electron chi connectivity index (χ3n) is 3.22. The second kappa shape index (κ2) is 4.56. The molecule has 0 aliphatic heterocycles. The molecule has 1 aromatic carbocycles. The van der Waals surface area contributed by atoms with E-state index in [1.807, 2.05) is 6.07 Å². The molecule has 0 radical (unpaired) electrons. The zero-order valence-corrected chi connectivity index (χ0v) is 9.79. The number of fused-ring (bicyclic) bond motifs is 1. The minimum absolute atomic E-state index is 0.602. The van der Waals surface area contributed by atoms with Crippen molar-refractivity contribution in [3.63, 3.8) is 0 Å². The van der Waals surface area contributed by atoms with E-state index < -0.39 is 0 Å². The van der Waals surface area contributed by atoms with E-state index in [0.29, 0.717) is 5.71 Å². The number of hydrogen-bond donors (Lipinski definition) is 1. The standard InChI is InChI=1S/C13H17NO2/c1-9(14-15)11-8-7-10-5-3-4-6-12(10)13(11)16-2/h7-8,15H,3-6H2,1-2H3/b14-9+. The second-order valence-corrected chi connectivity index (χ2v) is 4.18. The van der Waals surface area contributed by atoms with Crippen LogP contribution in [-0.4, -0.2) is 18.0 Å². The number of rotatable bonds is 2. The molecule has 0 amide bonds. The normalized spacial score (nSPS) is 15.8. The summed E-state index contributed by atoms with van der Waals surface area (Å²) in [4.78, 5) is 0. The lowest BCUT2D eigenvalue weighted by atomic mass is 9.88. The van der Waals surface area contributed by atoms with Crippen molar-refractivity contribution in [2.75, 3.05) is 7.11 Å². The molecule has 3 nitrogen and oxygen atoms in total. The van der Waals surface area contributed by atoms with Gasteiger partial charge in [0.05, 0.1) is 12.8 Å². The van der Waals surface area contributed by atoms with Gasteiger partial charge in [0.2, 0.25) is 0 Å². The average molecular weight is 219 g/mol. The van der Waals surface area contributed by atoms with Crippen molar-refractivity contribution in [1.29, 1.82) is 0 Å². The van der Waals surface area contributed by atoms with Crippen LogP contribution in [0.4, 0.5) is 0 Å². The molecule has 0 spiro atoms. The molecule has 0 aromatic heterocycles.